The second-order valence-corrected chi connectivity index (χ2v) is 10.2. The van der Waals surface area contributed by atoms with Crippen LogP contribution in [0.5, 0.6) is 0 Å². The normalized spacial score (nSPS) is 18.0. The smallest absolute Gasteiger partial charge is 0.246 e. The van der Waals surface area contributed by atoms with E-state index >= 15 is 0 Å². The minimum absolute atomic E-state index is 0.0680. The zero-order valence-electron chi connectivity index (χ0n) is 16.7. The van der Waals surface area contributed by atoms with E-state index in [0.29, 0.717) is 5.92 Å². The number of amides is 1. The summed E-state index contributed by atoms with van der Waals surface area (Å²) in [7, 11) is -3.91. The Morgan fingerprint density at radius 3 is 2.50 bits per heavy atom. The van der Waals surface area contributed by atoms with Gasteiger partial charge in [0.1, 0.15) is 16.5 Å². The number of hydrogen-bond acceptors (Lipinski definition) is 6. The summed E-state index contributed by atoms with van der Waals surface area (Å²) in [5.41, 5.74) is 0. The number of nitrogens with zero attached hydrogens (tertiary/aromatic N) is 5. The summed E-state index contributed by atoms with van der Waals surface area (Å²) in [6, 6.07) is 5.35. The highest BCUT2D eigenvalue weighted by atomic mass is 32.2. The molecule has 1 aliphatic heterocycles. The minimum Gasteiger partial charge on any atom is -0.339 e. The standard InChI is InChI=1S/C19H24FN5O3S2/c1-2-25-18(14-7-8-14)21-22-19(25)29-13-17(26)23-9-11-24(12-10-23)30(27,28)16-6-4-3-5-15(16)20/h3-6,14H,2,7-13H2,1H3. The van der Waals surface area contributed by atoms with Gasteiger partial charge < -0.3 is 9.47 Å². The second-order valence-electron chi connectivity index (χ2n) is 7.36. The molecular weight excluding hydrogens is 429 g/mol. The maximum atomic E-state index is 13.9. The first kappa shape index (κ1) is 21.3. The Kier molecular flexibility index (Phi) is 6.12. The molecule has 1 saturated heterocycles. The van der Waals surface area contributed by atoms with E-state index < -0.39 is 15.8 Å². The van der Waals surface area contributed by atoms with Gasteiger partial charge in [0.05, 0.1) is 5.75 Å². The molecule has 2 aromatic rings. The zero-order valence-corrected chi connectivity index (χ0v) is 18.3. The minimum atomic E-state index is -3.91. The Morgan fingerprint density at radius 2 is 1.87 bits per heavy atom. The predicted molar refractivity (Wildman–Crippen MR) is 110 cm³/mol. The lowest BCUT2D eigenvalue weighted by Gasteiger charge is -2.34. The van der Waals surface area contributed by atoms with Crippen LogP contribution in [0, 0.1) is 5.82 Å². The van der Waals surface area contributed by atoms with Crippen molar-refractivity contribution in [2.75, 3.05) is 31.9 Å². The third-order valence-electron chi connectivity index (χ3n) is 5.37. The molecule has 30 heavy (non-hydrogen) atoms. The number of aromatic nitrogens is 3. The van der Waals surface area contributed by atoms with E-state index in [-0.39, 0.29) is 42.7 Å². The lowest BCUT2D eigenvalue weighted by molar-refractivity contribution is -0.129. The van der Waals surface area contributed by atoms with Crippen LogP contribution in [-0.4, -0.2) is 70.2 Å². The molecule has 1 aliphatic carbocycles. The molecule has 2 heterocycles. The van der Waals surface area contributed by atoms with E-state index in [4.69, 9.17) is 0 Å². The fourth-order valence-electron chi connectivity index (χ4n) is 3.54. The van der Waals surface area contributed by atoms with Crippen LogP contribution in [0.2, 0.25) is 0 Å². The average molecular weight is 454 g/mol. The van der Waals surface area contributed by atoms with Gasteiger partial charge in [-0.3, -0.25) is 4.79 Å². The molecule has 0 radical (unpaired) electrons. The van der Waals surface area contributed by atoms with Crippen molar-refractivity contribution in [2.24, 2.45) is 0 Å². The maximum absolute atomic E-state index is 13.9. The third kappa shape index (κ3) is 4.23. The highest BCUT2D eigenvalue weighted by molar-refractivity contribution is 7.99. The van der Waals surface area contributed by atoms with Gasteiger partial charge in [-0.1, -0.05) is 23.9 Å². The highest BCUT2D eigenvalue weighted by Crippen LogP contribution is 2.40. The summed E-state index contributed by atoms with van der Waals surface area (Å²) >= 11 is 1.36. The molecule has 1 saturated carbocycles. The summed E-state index contributed by atoms with van der Waals surface area (Å²) in [5.74, 6) is 0.883. The summed E-state index contributed by atoms with van der Waals surface area (Å²) in [6.45, 7) is 3.65. The molecule has 2 aliphatic rings. The summed E-state index contributed by atoms with van der Waals surface area (Å²) in [6.07, 6.45) is 2.28. The van der Waals surface area contributed by atoms with Crippen molar-refractivity contribution in [3.05, 3.63) is 35.9 Å². The van der Waals surface area contributed by atoms with E-state index in [1.54, 1.807) is 4.90 Å². The molecule has 2 fully saturated rings. The lowest BCUT2D eigenvalue weighted by Crippen LogP contribution is -2.51. The van der Waals surface area contributed by atoms with Gasteiger partial charge in [0.15, 0.2) is 5.16 Å². The number of rotatable bonds is 7. The third-order valence-corrected chi connectivity index (χ3v) is 8.26. The van der Waals surface area contributed by atoms with Crippen LogP contribution in [0.15, 0.2) is 34.3 Å². The largest absolute Gasteiger partial charge is 0.339 e. The highest BCUT2D eigenvalue weighted by Gasteiger charge is 2.32. The van der Waals surface area contributed by atoms with Crippen LogP contribution in [0.1, 0.15) is 31.5 Å². The summed E-state index contributed by atoms with van der Waals surface area (Å²) < 4.78 is 42.6. The first-order chi connectivity index (χ1) is 14.4. The Bertz CT molecular complexity index is 1030. The van der Waals surface area contributed by atoms with E-state index in [2.05, 4.69) is 14.8 Å². The van der Waals surface area contributed by atoms with E-state index in [1.807, 2.05) is 6.92 Å². The van der Waals surface area contributed by atoms with Crippen LogP contribution >= 0.6 is 11.8 Å². The van der Waals surface area contributed by atoms with E-state index in [0.717, 1.165) is 36.4 Å². The number of hydrogen-bond donors (Lipinski definition) is 0. The maximum Gasteiger partial charge on any atom is 0.246 e. The van der Waals surface area contributed by atoms with Crippen molar-refractivity contribution < 1.29 is 17.6 Å². The molecule has 1 aromatic heterocycles. The predicted octanol–water partition coefficient (Wildman–Crippen LogP) is 1.94. The van der Waals surface area contributed by atoms with Gasteiger partial charge in [-0.25, -0.2) is 12.8 Å². The molecule has 0 atom stereocenters. The molecule has 11 heteroatoms. The van der Waals surface area contributed by atoms with Crippen molar-refractivity contribution in [3.8, 4) is 0 Å². The number of carbonyl (C=O) groups excluding carboxylic acids is 1. The molecule has 8 nitrogen and oxygen atoms in total. The van der Waals surface area contributed by atoms with Crippen LogP contribution in [0.25, 0.3) is 0 Å². The number of piperazine rings is 1. The first-order valence-electron chi connectivity index (χ1n) is 10.00. The Hall–Kier alpha value is -1.98. The number of carbonyl (C=O) groups is 1. The molecular formula is C19H24FN5O3S2. The average Bonchev–Trinajstić information content (AvgIpc) is 3.51. The number of benzene rings is 1. The fourth-order valence-corrected chi connectivity index (χ4v) is 5.94. The van der Waals surface area contributed by atoms with Gasteiger partial charge in [0, 0.05) is 38.6 Å². The Morgan fingerprint density at radius 1 is 1.17 bits per heavy atom. The van der Waals surface area contributed by atoms with Crippen molar-refractivity contribution in [1.29, 1.82) is 0 Å². The molecule has 0 unspecified atom stereocenters. The molecule has 1 amide bonds. The van der Waals surface area contributed by atoms with Gasteiger partial charge in [0.25, 0.3) is 0 Å². The van der Waals surface area contributed by atoms with Crippen molar-refractivity contribution in [1.82, 2.24) is 24.0 Å². The SMILES string of the molecule is CCn1c(SCC(=O)N2CCN(S(=O)(=O)c3ccccc3F)CC2)nnc1C1CC1. The second kappa shape index (κ2) is 8.64. The number of halogens is 1. The molecule has 1 aromatic carbocycles. The number of sulfonamides is 1. The quantitative estimate of drug-likeness (QED) is 0.596. The molecule has 4 rings (SSSR count). The van der Waals surface area contributed by atoms with Crippen molar-refractivity contribution in [2.45, 2.75) is 42.3 Å². The van der Waals surface area contributed by atoms with Gasteiger partial charge in [-0.2, -0.15) is 4.31 Å². The van der Waals surface area contributed by atoms with Crippen molar-refractivity contribution in [3.63, 3.8) is 0 Å². The van der Waals surface area contributed by atoms with Crippen molar-refractivity contribution >= 4 is 27.7 Å². The Balaban J connectivity index is 1.33. The zero-order chi connectivity index (χ0) is 21.3. The van der Waals surface area contributed by atoms with E-state index in [1.165, 1.54) is 34.3 Å². The topological polar surface area (TPSA) is 88.4 Å². The van der Waals surface area contributed by atoms with Gasteiger partial charge in [-0.15, -0.1) is 10.2 Å². The van der Waals surface area contributed by atoms with Crippen LogP contribution in [0.3, 0.4) is 0 Å². The monoisotopic (exact) mass is 453 g/mol. The Labute approximate surface area is 179 Å². The van der Waals surface area contributed by atoms with Crippen LogP contribution in [-0.2, 0) is 21.4 Å². The van der Waals surface area contributed by atoms with Crippen LogP contribution in [0.4, 0.5) is 4.39 Å². The summed E-state index contributed by atoms with van der Waals surface area (Å²) in [5, 5.41) is 9.25. The van der Waals surface area contributed by atoms with E-state index in [9.17, 15) is 17.6 Å². The van der Waals surface area contributed by atoms with Gasteiger partial charge >= 0.3 is 0 Å². The molecule has 0 N–H and O–H groups in total. The van der Waals surface area contributed by atoms with Crippen LogP contribution < -0.4 is 0 Å². The fraction of sp³-hybridized carbons (Fsp3) is 0.526. The van der Waals surface area contributed by atoms with Gasteiger partial charge in [0.2, 0.25) is 15.9 Å². The molecule has 0 bridgehead atoms. The molecule has 0 spiro atoms. The summed E-state index contributed by atoms with van der Waals surface area (Å²) in [4.78, 5) is 13.9. The molecule has 162 valence electrons. The first-order valence-corrected chi connectivity index (χ1v) is 12.4. The van der Waals surface area contributed by atoms with Gasteiger partial charge in [-0.05, 0) is 31.9 Å². The lowest BCUT2D eigenvalue weighted by atomic mass is 10.3. The number of thioether (sulfide) groups is 1.